The van der Waals surface area contributed by atoms with Gasteiger partial charge < -0.3 is 20.5 Å². The van der Waals surface area contributed by atoms with Gasteiger partial charge in [-0.25, -0.2) is 0 Å². The fraction of sp³-hybridized carbons (Fsp3) is 0.150. The number of methoxy groups -OCH3 is 1. The standard InChI is InChI=1S/C20H19N3O4/c1-13-3-6-16(7-4-13)23-20(25)15(11-21)9-14-5-8-17(18(10-14)26-2)27-12-19(22)24/h3-10H,12H2,1-2H3,(H2,22,24)(H,23,25)/b15-9+. The van der Waals surface area contributed by atoms with Crippen LogP contribution in [-0.2, 0) is 9.59 Å². The molecule has 0 heterocycles. The number of rotatable bonds is 7. The second kappa shape index (κ2) is 9.06. The lowest BCUT2D eigenvalue weighted by Crippen LogP contribution is -2.20. The Bertz CT molecular complexity index is 912. The lowest BCUT2D eigenvalue weighted by molar-refractivity contribution is -0.120. The Morgan fingerprint density at radius 1 is 1.19 bits per heavy atom. The topological polar surface area (TPSA) is 114 Å². The van der Waals surface area contributed by atoms with Gasteiger partial charge in [0.25, 0.3) is 11.8 Å². The second-order valence-electron chi connectivity index (χ2n) is 5.66. The maximum Gasteiger partial charge on any atom is 0.266 e. The summed E-state index contributed by atoms with van der Waals surface area (Å²) < 4.78 is 10.5. The molecule has 3 N–H and O–H groups in total. The molecule has 0 radical (unpaired) electrons. The third kappa shape index (κ3) is 5.61. The second-order valence-corrected chi connectivity index (χ2v) is 5.66. The molecule has 2 rings (SSSR count). The van der Waals surface area contributed by atoms with Gasteiger partial charge in [0.2, 0.25) is 0 Å². The van der Waals surface area contributed by atoms with Crippen molar-refractivity contribution < 1.29 is 19.1 Å². The van der Waals surface area contributed by atoms with E-state index in [1.54, 1.807) is 30.3 Å². The SMILES string of the molecule is COc1cc(/C=C(\C#N)C(=O)Nc2ccc(C)cc2)ccc1OCC(N)=O. The molecule has 2 aromatic carbocycles. The van der Waals surface area contributed by atoms with Gasteiger partial charge in [-0.05, 0) is 42.8 Å². The van der Waals surface area contributed by atoms with Crippen LogP contribution in [-0.4, -0.2) is 25.5 Å². The van der Waals surface area contributed by atoms with Crippen LogP contribution in [0.15, 0.2) is 48.0 Å². The first-order valence-corrected chi connectivity index (χ1v) is 8.02. The molecule has 27 heavy (non-hydrogen) atoms. The van der Waals surface area contributed by atoms with E-state index in [1.165, 1.54) is 13.2 Å². The predicted molar refractivity (Wildman–Crippen MR) is 101 cm³/mol. The van der Waals surface area contributed by atoms with Gasteiger partial charge in [0, 0.05) is 5.69 Å². The van der Waals surface area contributed by atoms with Crippen molar-refractivity contribution in [3.05, 3.63) is 59.2 Å². The van der Waals surface area contributed by atoms with Crippen LogP contribution in [0.2, 0.25) is 0 Å². The molecule has 0 aliphatic carbocycles. The number of benzene rings is 2. The van der Waals surface area contributed by atoms with E-state index < -0.39 is 11.8 Å². The third-order valence-corrected chi connectivity index (χ3v) is 3.54. The highest BCUT2D eigenvalue weighted by molar-refractivity contribution is 6.09. The number of nitrogens with two attached hydrogens (primary N) is 1. The van der Waals surface area contributed by atoms with E-state index >= 15 is 0 Å². The maximum absolute atomic E-state index is 12.3. The fourth-order valence-electron chi connectivity index (χ4n) is 2.19. The summed E-state index contributed by atoms with van der Waals surface area (Å²) in [6.45, 7) is 1.66. The number of aryl methyl sites for hydroxylation is 1. The molecule has 0 saturated heterocycles. The monoisotopic (exact) mass is 365 g/mol. The number of hydrogen-bond acceptors (Lipinski definition) is 5. The Kier molecular flexibility index (Phi) is 6.55. The summed E-state index contributed by atoms with van der Waals surface area (Å²) in [6.07, 6.45) is 1.43. The minimum atomic E-state index is -0.611. The van der Waals surface area contributed by atoms with E-state index in [4.69, 9.17) is 15.2 Å². The number of ether oxygens (including phenoxy) is 2. The first-order valence-electron chi connectivity index (χ1n) is 8.02. The molecular formula is C20H19N3O4. The average molecular weight is 365 g/mol. The summed E-state index contributed by atoms with van der Waals surface area (Å²) >= 11 is 0. The molecule has 138 valence electrons. The van der Waals surface area contributed by atoms with Gasteiger partial charge in [-0.2, -0.15) is 5.26 Å². The number of nitriles is 1. The molecule has 0 atom stereocenters. The lowest BCUT2D eigenvalue weighted by atomic mass is 10.1. The number of carbonyl (C=O) groups excluding carboxylic acids is 2. The van der Waals surface area contributed by atoms with Gasteiger partial charge in [-0.3, -0.25) is 9.59 Å². The molecule has 7 nitrogen and oxygen atoms in total. The zero-order valence-corrected chi connectivity index (χ0v) is 15.0. The lowest BCUT2D eigenvalue weighted by Gasteiger charge is -2.10. The van der Waals surface area contributed by atoms with Gasteiger partial charge in [-0.1, -0.05) is 23.8 Å². The summed E-state index contributed by atoms with van der Waals surface area (Å²) in [6, 6.07) is 13.9. The molecule has 0 aliphatic heterocycles. The largest absolute Gasteiger partial charge is 0.493 e. The van der Waals surface area contributed by atoms with Gasteiger partial charge in [-0.15, -0.1) is 0 Å². The fourth-order valence-corrected chi connectivity index (χ4v) is 2.19. The van der Waals surface area contributed by atoms with E-state index in [-0.39, 0.29) is 12.2 Å². The normalized spacial score (nSPS) is 10.6. The first kappa shape index (κ1) is 19.5. The summed E-state index contributed by atoms with van der Waals surface area (Å²) in [5, 5.41) is 12.0. The zero-order chi connectivity index (χ0) is 19.8. The molecular weight excluding hydrogens is 346 g/mol. The third-order valence-electron chi connectivity index (χ3n) is 3.54. The van der Waals surface area contributed by atoms with Crippen molar-refractivity contribution in [3.63, 3.8) is 0 Å². The van der Waals surface area contributed by atoms with Crippen LogP contribution in [0.4, 0.5) is 5.69 Å². The first-order chi connectivity index (χ1) is 12.9. The van der Waals surface area contributed by atoms with Crippen LogP contribution >= 0.6 is 0 Å². The highest BCUT2D eigenvalue weighted by Gasteiger charge is 2.11. The summed E-state index contributed by atoms with van der Waals surface area (Å²) in [7, 11) is 1.44. The zero-order valence-electron chi connectivity index (χ0n) is 15.0. The highest BCUT2D eigenvalue weighted by atomic mass is 16.5. The van der Waals surface area contributed by atoms with Crippen molar-refractivity contribution in [3.8, 4) is 17.6 Å². The van der Waals surface area contributed by atoms with E-state index in [0.717, 1.165) is 5.56 Å². The summed E-state index contributed by atoms with van der Waals surface area (Å²) in [5.41, 5.74) is 7.21. The van der Waals surface area contributed by atoms with Crippen LogP contribution in [0.3, 0.4) is 0 Å². The molecule has 2 amide bonds. The molecule has 7 heteroatoms. The quantitative estimate of drug-likeness (QED) is 0.578. The molecule has 0 saturated carbocycles. The van der Waals surface area contributed by atoms with Crippen molar-refractivity contribution in [1.29, 1.82) is 5.26 Å². The average Bonchev–Trinajstić information content (AvgIpc) is 2.66. The number of nitrogens with zero attached hydrogens (tertiary/aromatic N) is 1. The van der Waals surface area contributed by atoms with Crippen molar-refractivity contribution in [1.82, 2.24) is 0 Å². The van der Waals surface area contributed by atoms with Crippen LogP contribution < -0.4 is 20.5 Å². The van der Waals surface area contributed by atoms with Crippen LogP contribution in [0.25, 0.3) is 6.08 Å². The van der Waals surface area contributed by atoms with Crippen molar-refractivity contribution in [2.24, 2.45) is 5.73 Å². The highest BCUT2D eigenvalue weighted by Crippen LogP contribution is 2.29. The Labute approximate surface area is 157 Å². The Balaban J connectivity index is 2.20. The smallest absolute Gasteiger partial charge is 0.266 e. The Hall–Kier alpha value is -3.79. The number of nitrogens with one attached hydrogen (secondary N) is 1. The molecule has 0 bridgehead atoms. The summed E-state index contributed by atoms with van der Waals surface area (Å²) in [5.74, 6) is -0.452. The number of carbonyl (C=O) groups is 2. The van der Waals surface area contributed by atoms with Gasteiger partial charge >= 0.3 is 0 Å². The van der Waals surface area contributed by atoms with E-state index in [2.05, 4.69) is 5.32 Å². The molecule has 0 spiro atoms. The number of primary amides is 1. The van der Waals surface area contributed by atoms with Crippen molar-refractivity contribution in [2.45, 2.75) is 6.92 Å². The summed E-state index contributed by atoms with van der Waals surface area (Å²) in [4.78, 5) is 23.2. The van der Waals surface area contributed by atoms with Crippen molar-refractivity contribution >= 4 is 23.6 Å². The van der Waals surface area contributed by atoms with Gasteiger partial charge in [0.05, 0.1) is 7.11 Å². The van der Waals surface area contributed by atoms with Crippen molar-refractivity contribution in [2.75, 3.05) is 19.0 Å². The molecule has 0 unspecified atom stereocenters. The molecule has 0 fully saturated rings. The Morgan fingerprint density at radius 3 is 2.48 bits per heavy atom. The number of anilines is 1. The number of amides is 2. The minimum Gasteiger partial charge on any atom is -0.493 e. The van der Waals surface area contributed by atoms with E-state index in [9.17, 15) is 14.9 Å². The predicted octanol–water partition coefficient (Wildman–Crippen LogP) is 2.41. The maximum atomic E-state index is 12.3. The van der Waals surface area contributed by atoms with E-state index in [1.807, 2.05) is 25.1 Å². The molecule has 2 aromatic rings. The van der Waals surface area contributed by atoms with E-state index in [0.29, 0.717) is 22.7 Å². The van der Waals surface area contributed by atoms with Crippen LogP contribution in [0.1, 0.15) is 11.1 Å². The van der Waals surface area contributed by atoms with Gasteiger partial charge in [0.15, 0.2) is 18.1 Å². The van der Waals surface area contributed by atoms with Gasteiger partial charge in [0.1, 0.15) is 11.6 Å². The van der Waals surface area contributed by atoms with Crippen LogP contribution in [0, 0.1) is 18.3 Å². The Morgan fingerprint density at radius 2 is 1.89 bits per heavy atom. The number of hydrogen-bond donors (Lipinski definition) is 2. The minimum absolute atomic E-state index is 0.0663. The van der Waals surface area contributed by atoms with Crippen LogP contribution in [0.5, 0.6) is 11.5 Å². The molecule has 0 aromatic heterocycles. The molecule has 0 aliphatic rings.